The van der Waals surface area contributed by atoms with Crippen LogP contribution in [0.1, 0.15) is 99.5 Å². The number of hydrogen-bond donors (Lipinski definition) is 11. The van der Waals surface area contributed by atoms with E-state index in [0.29, 0.717) is 12.0 Å². The number of carbonyl (C=O) groups excluding carboxylic acids is 7. The molecule has 1 aromatic carbocycles. The van der Waals surface area contributed by atoms with Crippen LogP contribution in [0.15, 0.2) is 71.4 Å². The van der Waals surface area contributed by atoms with Gasteiger partial charge in [-0.3, -0.25) is 38.6 Å². The Morgan fingerprint density at radius 1 is 0.781 bits per heavy atom. The number of benzene rings is 1. The average Bonchev–Trinajstić information content (AvgIpc) is 3.31. The van der Waals surface area contributed by atoms with Crippen LogP contribution in [-0.4, -0.2) is 125 Å². The summed E-state index contributed by atoms with van der Waals surface area (Å²) in [6, 6.07) is 1.02. The van der Waals surface area contributed by atoms with Gasteiger partial charge in [-0.25, -0.2) is 9.59 Å². The molecule has 0 bridgehead atoms. The summed E-state index contributed by atoms with van der Waals surface area (Å²) in [6.07, 6.45) is 4.66. The number of allylic oxidation sites excluding steroid dienone is 2. The van der Waals surface area contributed by atoms with Gasteiger partial charge in [-0.05, 0) is 62.8 Å². The van der Waals surface area contributed by atoms with Gasteiger partial charge < -0.3 is 63.6 Å². The number of aliphatic carboxylic acids is 2. The van der Waals surface area contributed by atoms with Gasteiger partial charge in [0, 0.05) is 26.0 Å². The molecule has 0 unspecified atom stereocenters. The van der Waals surface area contributed by atoms with Crippen molar-refractivity contribution in [3.8, 4) is 0 Å². The van der Waals surface area contributed by atoms with Crippen LogP contribution in [0.5, 0.6) is 0 Å². The molecule has 73 heavy (non-hydrogen) atoms. The summed E-state index contributed by atoms with van der Waals surface area (Å²) in [7, 11) is 1.61. The van der Waals surface area contributed by atoms with E-state index in [0.717, 1.165) is 5.56 Å². The van der Waals surface area contributed by atoms with Crippen molar-refractivity contribution >= 4 is 59.2 Å². The summed E-state index contributed by atoms with van der Waals surface area (Å²) in [5.74, 6) is -12.8. The first-order valence-electron chi connectivity index (χ1n) is 24.5. The zero-order valence-electron chi connectivity index (χ0n) is 43.5. The quantitative estimate of drug-likeness (QED) is 0.0345. The number of ether oxygens (including phenoxy) is 1. The number of guanidine groups is 1. The van der Waals surface area contributed by atoms with Crippen molar-refractivity contribution in [2.45, 2.75) is 143 Å². The van der Waals surface area contributed by atoms with E-state index in [-0.39, 0.29) is 62.0 Å². The summed E-state index contributed by atoms with van der Waals surface area (Å²) in [4.78, 5) is 126. The van der Waals surface area contributed by atoms with Crippen molar-refractivity contribution < 1.29 is 58.1 Å². The number of nitrogens with zero attached hydrogens (tertiary/aromatic N) is 1. The molecule has 22 nitrogen and oxygen atoms in total. The van der Waals surface area contributed by atoms with E-state index in [2.05, 4.69) is 48.8 Å². The first-order chi connectivity index (χ1) is 34.2. The third-order valence-corrected chi connectivity index (χ3v) is 12.1. The summed E-state index contributed by atoms with van der Waals surface area (Å²) < 4.78 is 5.82. The van der Waals surface area contributed by atoms with Gasteiger partial charge in [-0.2, -0.15) is 0 Å². The number of carbonyl (C=O) groups is 9. The molecule has 2 rings (SSSR count). The number of carboxylic acid groups (broad SMARTS) is 2. The Balaban J connectivity index is 2.74. The standard InChI is InChI=1S/C51H78N10O12/c1-27(2)23-38-47(67)60-39(24-28(3)4)48(68)61-42(50(71)72)32(8)44(64)57-36(17-14-22-54-51(52)53)46(66)56-35(19-18-29(5)25-30(6)40(73-10)26-34-15-12-11-13-16-34)31(7)43(63)58-37(49(69)70)20-21-41(62)55-33(9)45(65)59-38/h11-13,15-16,18-19,25,27-28,30-32,35-40,42H,9,14,17,20-24,26H2,1-8,10H3,(H,55,62)(H,56,66)(H,57,64)(H,58,63)(H,59,65)(H,60,67)(H,61,68)(H,69,70)(H,71,72)(H4,52,53,54)/b19-18+,29-25+/t30-,31-,32-,35-,36-,37+,38+,39-,40-,42+/m0/s1. The smallest absolute Gasteiger partial charge is 0.327 e. The Morgan fingerprint density at radius 3 is 1.90 bits per heavy atom. The predicted octanol–water partition coefficient (Wildman–Crippen LogP) is 1.30. The highest BCUT2D eigenvalue weighted by Gasteiger charge is 2.38. The van der Waals surface area contributed by atoms with Crippen LogP contribution in [0, 0.1) is 29.6 Å². The largest absolute Gasteiger partial charge is 0.480 e. The second kappa shape index (κ2) is 30.7. The van der Waals surface area contributed by atoms with Crippen molar-refractivity contribution in [1.29, 1.82) is 0 Å². The molecule has 0 radical (unpaired) electrons. The number of nitrogens with one attached hydrogen (secondary N) is 7. The van der Waals surface area contributed by atoms with E-state index in [1.54, 1.807) is 47.8 Å². The molecule has 0 spiro atoms. The normalized spacial score (nSPS) is 24.9. The fraction of sp³-hybridized carbons (Fsp3) is 0.569. The minimum absolute atomic E-state index is 0.00660. The van der Waals surface area contributed by atoms with Gasteiger partial charge in [0.15, 0.2) is 5.96 Å². The van der Waals surface area contributed by atoms with Gasteiger partial charge >= 0.3 is 11.9 Å². The van der Waals surface area contributed by atoms with E-state index in [9.17, 15) is 53.4 Å². The van der Waals surface area contributed by atoms with Crippen LogP contribution >= 0.6 is 0 Å². The zero-order valence-corrected chi connectivity index (χ0v) is 43.5. The third-order valence-electron chi connectivity index (χ3n) is 12.1. The summed E-state index contributed by atoms with van der Waals surface area (Å²) >= 11 is 0. The Kier molecular flexibility index (Phi) is 26.1. The fourth-order valence-corrected chi connectivity index (χ4v) is 7.86. The number of rotatable bonds is 17. The maximum Gasteiger partial charge on any atom is 0.327 e. The van der Waals surface area contributed by atoms with Gasteiger partial charge in [0.2, 0.25) is 35.4 Å². The fourth-order valence-electron chi connectivity index (χ4n) is 7.86. The molecule has 22 heteroatoms. The lowest BCUT2D eigenvalue weighted by Gasteiger charge is -2.29. The molecule has 1 aliphatic heterocycles. The molecule has 0 saturated carbocycles. The van der Waals surface area contributed by atoms with Crippen molar-refractivity contribution in [2.24, 2.45) is 46.0 Å². The lowest BCUT2D eigenvalue weighted by Crippen LogP contribution is -2.59. The van der Waals surface area contributed by atoms with E-state index in [1.807, 2.05) is 43.3 Å². The highest BCUT2D eigenvalue weighted by Crippen LogP contribution is 2.19. The van der Waals surface area contributed by atoms with E-state index in [1.165, 1.54) is 19.9 Å². The Morgan fingerprint density at radius 2 is 1.34 bits per heavy atom. The number of methoxy groups -OCH3 is 1. The Labute approximate surface area is 427 Å². The van der Waals surface area contributed by atoms with Gasteiger partial charge in [0.25, 0.3) is 5.91 Å². The van der Waals surface area contributed by atoms with Gasteiger partial charge in [-0.1, -0.05) is 109 Å². The predicted molar refractivity (Wildman–Crippen MR) is 274 cm³/mol. The molecule has 1 aliphatic rings. The summed E-state index contributed by atoms with van der Waals surface area (Å²) in [6.45, 7) is 17.1. The number of nitrogens with two attached hydrogens (primary N) is 2. The minimum atomic E-state index is -1.89. The molecular formula is C51H78N10O12. The van der Waals surface area contributed by atoms with Crippen LogP contribution in [0.3, 0.4) is 0 Å². The maximum absolute atomic E-state index is 14.4. The maximum atomic E-state index is 14.4. The second-order valence-electron chi connectivity index (χ2n) is 19.4. The molecular weight excluding hydrogens is 945 g/mol. The van der Waals surface area contributed by atoms with E-state index < -0.39 is 120 Å². The Hall–Kier alpha value is -7.10. The van der Waals surface area contributed by atoms with Gasteiger partial charge in [0.05, 0.1) is 29.7 Å². The molecule has 13 N–H and O–H groups in total. The van der Waals surface area contributed by atoms with Crippen LogP contribution in [-0.2, 0) is 54.3 Å². The molecule has 7 amide bonds. The summed E-state index contributed by atoms with van der Waals surface area (Å²) in [5, 5.41) is 38.1. The lowest BCUT2D eigenvalue weighted by molar-refractivity contribution is -0.146. The molecule has 0 aliphatic carbocycles. The highest BCUT2D eigenvalue weighted by atomic mass is 16.5. The number of carboxylic acids is 2. The topological polar surface area (TPSA) is 352 Å². The lowest BCUT2D eigenvalue weighted by atomic mass is 9.94. The molecule has 1 aromatic rings. The number of hydrogen-bond acceptors (Lipinski definition) is 11. The number of aliphatic imine (C=N–C) groups is 1. The van der Waals surface area contributed by atoms with Crippen LogP contribution in [0.2, 0.25) is 0 Å². The SMILES string of the molecule is C=C1NC(=O)CC[C@H](C(=O)O)NC(=O)[C@@H](C)[C@H](/C=C/C(C)=C/[C@H](C)[C@H](Cc2ccccc2)OC)NC(=O)[C@H](CCCN=C(N)N)NC(=O)[C@@H](C)[C@H](C(=O)O)NC(=O)[C@H](CC(C)C)NC(=O)[C@@H](CC(C)C)NC1=O. The van der Waals surface area contributed by atoms with Crippen LogP contribution in [0.25, 0.3) is 0 Å². The molecule has 404 valence electrons. The average molecular weight is 1020 g/mol. The van der Waals surface area contributed by atoms with Crippen molar-refractivity contribution in [3.63, 3.8) is 0 Å². The minimum Gasteiger partial charge on any atom is -0.480 e. The van der Waals surface area contributed by atoms with Gasteiger partial charge in [0.1, 0.15) is 30.2 Å². The monoisotopic (exact) mass is 1020 g/mol. The third kappa shape index (κ3) is 22.1. The first kappa shape index (κ1) is 62.0. The highest BCUT2D eigenvalue weighted by molar-refractivity contribution is 6.00. The first-order valence-corrected chi connectivity index (χ1v) is 24.5. The Bertz CT molecular complexity index is 2190. The van der Waals surface area contributed by atoms with E-state index in [4.69, 9.17) is 16.2 Å². The molecule has 1 saturated heterocycles. The molecule has 1 fully saturated rings. The molecule has 0 aromatic heterocycles. The van der Waals surface area contributed by atoms with Crippen molar-refractivity contribution in [1.82, 2.24) is 37.2 Å². The van der Waals surface area contributed by atoms with E-state index >= 15 is 0 Å². The molecule has 1 heterocycles. The van der Waals surface area contributed by atoms with Crippen LogP contribution in [0.4, 0.5) is 0 Å². The summed E-state index contributed by atoms with van der Waals surface area (Å²) in [5.41, 5.74) is 12.3. The van der Waals surface area contributed by atoms with Crippen molar-refractivity contribution in [2.75, 3.05) is 13.7 Å². The van der Waals surface area contributed by atoms with Crippen LogP contribution < -0.4 is 48.7 Å². The van der Waals surface area contributed by atoms with Crippen molar-refractivity contribution in [3.05, 3.63) is 72.0 Å². The number of amides is 7. The second-order valence-corrected chi connectivity index (χ2v) is 19.4. The van der Waals surface area contributed by atoms with Gasteiger partial charge in [-0.15, -0.1) is 0 Å². The molecule has 10 atom stereocenters. The zero-order chi connectivity index (χ0) is 55.1.